The Balaban J connectivity index is 1.88. The predicted octanol–water partition coefficient (Wildman–Crippen LogP) is -0.180. The zero-order valence-corrected chi connectivity index (χ0v) is 13.2. The van der Waals surface area contributed by atoms with Crippen molar-refractivity contribution in [2.75, 3.05) is 36.9 Å². The standard InChI is InChI=1S/C12H19N3O4S2/c16-10(17)5-9-11(18)13-1-2-15(9)12(19)14-6-8-7-20-3-4-21-8/h8-9H,1-7H2,(H,13,18)(H,14,19)(H,16,17). The maximum atomic E-state index is 12.2. The number of thioether (sulfide) groups is 2. The number of rotatable bonds is 4. The molecule has 0 aromatic carbocycles. The minimum atomic E-state index is -1.09. The van der Waals surface area contributed by atoms with Gasteiger partial charge in [0.2, 0.25) is 5.91 Å². The summed E-state index contributed by atoms with van der Waals surface area (Å²) in [6.45, 7) is 1.24. The van der Waals surface area contributed by atoms with E-state index in [9.17, 15) is 14.4 Å². The van der Waals surface area contributed by atoms with Gasteiger partial charge in [0.1, 0.15) is 6.04 Å². The Morgan fingerprint density at radius 2 is 2.24 bits per heavy atom. The van der Waals surface area contributed by atoms with E-state index in [4.69, 9.17) is 5.11 Å². The van der Waals surface area contributed by atoms with Gasteiger partial charge in [-0.3, -0.25) is 9.59 Å². The number of piperazine rings is 1. The van der Waals surface area contributed by atoms with Crippen LogP contribution < -0.4 is 10.6 Å². The van der Waals surface area contributed by atoms with Crippen LogP contribution in [0.3, 0.4) is 0 Å². The molecule has 2 rings (SSSR count). The number of hydrogen-bond donors (Lipinski definition) is 3. The average Bonchev–Trinajstić information content (AvgIpc) is 2.47. The highest BCUT2D eigenvalue weighted by Gasteiger charge is 2.34. The van der Waals surface area contributed by atoms with Crippen LogP contribution in [0, 0.1) is 0 Å². The van der Waals surface area contributed by atoms with E-state index in [1.807, 2.05) is 23.5 Å². The first-order valence-corrected chi connectivity index (χ1v) is 9.01. The third-order valence-corrected chi connectivity index (χ3v) is 6.17. The Morgan fingerprint density at radius 1 is 1.43 bits per heavy atom. The highest BCUT2D eigenvalue weighted by molar-refractivity contribution is 8.06. The monoisotopic (exact) mass is 333 g/mol. The normalized spacial score (nSPS) is 26.1. The van der Waals surface area contributed by atoms with Crippen molar-refractivity contribution in [1.29, 1.82) is 0 Å². The van der Waals surface area contributed by atoms with E-state index in [1.54, 1.807) is 0 Å². The van der Waals surface area contributed by atoms with Crippen LogP contribution in [0.25, 0.3) is 0 Å². The van der Waals surface area contributed by atoms with Crippen molar-refractivity contribution in [1.82, 2.24) is 15.5 Å². The molecule has 2 unspecified atom stereocenters. The van der Waals surface area contributed by atoms with Crippen molar-refractivity contribution in [3.8, 4) is 0 Å². The molecular formula is C12H19N3O4S2. The van der Waals surface area contributed by atoms with Gasteiger partial charge in [-0.1, -0.05) is 0 Å². The molecular weight excluding hydrogens is 314 g/mol. The average molecular weight is 333 g/mol. The SMILES string of the molecule is O=C(O)CC1C(=O)NCCN1C(=O)NCC1CSCCS1. The number of nitrogens with zero attached hydrogens (tertiary/aromatic N) is 1. The van der Waals surface area contributed by atoms with Crippen molar-refractivity contribution < 1.29 is 19.5 Å². The Morgan fingerprint density at radius 3 is 2.90 bits per heavy atom. The van der Waals surface area contributed by atoms with E-state index in [0.717, 1.165) is 17.3 Å². The maximum absolute atomic E-state index is 12.2. The van der Waals surface area contributed by atoms with Gasteiger partial charge >= 0.3 is 12.0 Å². The third kappa shape index (κ3) is 4.70. The van der Waals surface area contributed by atoms with Crippen molar-refractivity contribution in [2.45, 2.75) is 17.7 Å². The molecule has 0 aromatic rings. The molecule has 118 valence electrons. The summed E-state index contributed by atoms with van der Waals surface area (Å²) < 4.78 is 0. The van der Waals surface area contributed by atoms with Crippen LogP contribution in [0.5, 0.6) is 0 Å². The van der Waals surface area contributed by atoms with Crippen LogP contribution in [0.1, 0.15) is 6.42 Å². The van der Waals surface area contributed by atoms with Crippen LogP contribution in [0.2, 0.25) is 0 Å². The molecule has 2 aliphatic rings. The van der Waals surface area contributed by atoms with Crippen LogP contribution in [-0.2, 0) is 9.59 Å². The molecule has 0 aromatic heterocycles. The molecule has 3 N–H and O–H groups in total. The number of carboxylic acids is 1. The highest BCUT2D eigenvalue weighted by atomic mass is 32.2. The number of carbonyl (C=O) groups is 3. The minimum absolute atomic E-state index is 0.335. The lowest BCUT2D eigenvalue weighted by Crippen LogP contribution is -2.60. The summed E-state index contributed by atoms with van der Waals surface area (Å²) in [6, 6.07) is -1.28. The summed E-state index contributed by atoms with van der Waals surface area (Å²) in [6.07, 6.45) is -0.368. The first kappa shape index (κ1) is 16.3. The molecule has 3 amide bonds. The summed E-state index contributed by atoms with van der Waals surface area (Å²) in [5, 5.41) is 14.7. The van der Waals surface area contributed by atoms with E-state index in [-0.39, 0.29) is 12.5 Å². The molecule has 0 aliphatic carbocycles. The lowest BCUT2D eigenvalue weighted by Gasteiger charge is -2.34. The summed E-state index contributed by atoms with van der Waals surface area (Å²) >= 11 is 3.71. The van der Waals surface area contributed by atoms with E-state index >= 15 is 0 Å². The third-order valence-electron chi connectivity index (χ3n) is 3.33. The topological polar surface area (TPSA) is 98.7 Å². The van der Waals surface area contributed by atoms with Crippen LogP contribution >= 0.6 is 23.5 Å². The number of carbonyl (C=O) groups excluding carboxylic acids is 2. The van der Waals surface area contributed by atoms with E-state index in [0.29, 0.717) is 24.9 Å². The van der Waals surface area contributed by atoms with Gasteiger partial charge in [-0.15, -0.1) is 0 Å². The number of nitrogens with one attached hydrogen (secondary N) is 2. The van der Waals surface area contributed by atoms with E-state index in [2.05, 4.69) is 10.6 Å². The van der Waals surface area contributed by atoms with Gasteiger partial charge < -0.3 is 20.6 Å². The second-order valence-corrected chi connectivity index (χ2v) is 7.41. The quantitative estimate of drug-likeness (QED) is 0.660. The lowest BCUT2D eigenvalue weighted by molar-refractivity contribution is -0.142. The molecule has 0 spiro atoms. The van der Waals surface area contributed by atoms with Crippen molar-refractivity contribution in [2.24, 2.45) is 0 Å². The molecule has 2 fully saturated rings. The Bertz CT molecular complexity index is 415. The first-order chi connectivity index (χ1) is 10.1. The number of carboxylic acid groups (broad SMARTS) is 1. The van der Waals surface area contributed by atoms with Crippen molar-refractivity contribution >= 4 is 41.4 Å². The van der Waals surface area contributed by atoms with Crippen LogP contribution in [-0.4, -0.2) is 76.1 Å². The summed E-state index contributed by atoms with van der Waals surface area (Å²) in [7, 11) is 0. The Labute approximate surface area is 131 Å². The summed E-state index contributed by atoms with van der Waals surface area (Å²) in [4.78, 5) is 36.1. The highest BCUT2D eigenvalue weighted by Crippen LogP contribution is 2.23. The molecule has 2 aliphatic heterocycles. The van der Waals surface area contributed by atoms with Gasteiger partial charge in [0, 0.05) is 42.1 Å². The Kier molecular flexibility index (Phi) is 6.04. The van der Waals surface area contributed by atoms with Crippen LogP contribution in [0.4, 0.5) is 4.79 Å². The molecule has 0 radical (unpaired) electrons. The van der Waals surface area contributed by atoms with Gasteiger partial charge in [-0.25, -0.2) is 4.79 Å². The lowest BCUT2D eigenvalue weighted by atomic mass is 10.1. The maximum Gasteiger partial charge on any atom is 0.318 e. The fourth-order valence-electron chi connectivity index (χ4n) is 2.28. The van der Waals surface area contributed by atoms with Gasteiger partial charge in [-0.2, -0.15) is 23.5 Å². The molecule has 7 nitrogen and oxygen atoms in total. The largest absolute Gasteiger partial charge is 0.481 e. The van der Waals surface area contributed by atoms with E-state index in [1.165, 1.54) is 4.90 Å². The molecule has 0 bridgehead atoms. The van der Waals surface area contributed by atoms with Gasteiger partial charge in [-0.05, 0) is 0 Å². The second-order valence-electron chi connectivity index (χ2n) is 4.85. The fraction of sp³-hybridized carbons (Fsp3) is 0.750. The zero-order chi connectivity index (χ0) is 15.2. The van der Waals surface area contributed by atoms with E-state index < -0.39 is 17.9 Å². The summed E-state index contributed by atoms with van der Waals surface area (Å²) in [5.41, 5.74) is 0. The molecule has 2 saturated heterocycles. The molecule has 2 heterocycles. The summed E-state index contributed by atoms with van der Waals surface area (Å²) in [5.74, 6) is 1.74. The fourth-order valence-corrected chi connectivity index (χ4v) is 4.90. The number of urea groups is 1. The molecule has 0 saturated carbocycles. The molecule has 9 heteroatoms. The van der Waals surface area contributed by atoms with Gasteiger partial charge in [0.15, 0.2) is 0 Å². The zero-order valence-electron chi connectivity index (χ0n) is 11.5. The van der Waals surface area contributed by atoms with Crippen molar-refractivity contribution in [3.05, 3.63) is 0 Å². The molecule has 21 heavy (non-hydrogen) atoms. The molecule has 2 atom stereocenters. The number of aliphatic carboxylic acids is 1. The second kappa shape index (κ2) is 7.79. The first-order valence-electron chi connectivity index (χ1n) is 6.81. The van der Waals surface area contributed by atoms with Gasteiger partial charge in [0.05, 0.1) is 6.42 Å². The smallest absolute Gasteiger partial charge is 0.318 e. The number of amides is 3. The Hall–Kier alpha value is -1.09. The van der Waals surface area contributed by atoms with Crippen LogP contribution in [0.15, 0.2) is 0 Å². The number of hydrogen-bond acceptors (Lipinski definition) is 5. The van der Waals surface area contributed by atoms with Gasteiger partial charge in [0.25, 0.3) is 0 Å². The predicted molar refractivity (Wildman–Crippen MR) is 82.7 cm³/mol. The minimum Gasteiger partial charge on any atom is -0.481 e. The van der Waals surface area contributed by atoms with Crippen molar-refractivity contribution in [3.63, 3.8) is 0 Å².